The summed E-state index contributed by atoms with van der Waals surface area (Å²) in [6.07, 6.45) is 0. The van der Waals surface area contributed by atoms with E-state index in [0.717, 1.165) is 5.69 Å². The Labute approximate surface area is 148 Å². The highest BCUT2D eigenvalue weighted by molar-refractivity contribution is 7.89. The zero-order chi connectivity index (χ0) is 17.3. The molecule has 1 heterocycles. The molecule has 2 aromatic rings. The van der Waals surface area contributed by atoms with Gasteiger partial charge in [-0.05, 0) is 55.3 Å². The third-order valence-corrected chi connectivity index (χ3v) is 6.37. The summed E-state index contributed by atoms with van der Waals surface area (Å²) < 4.78 is 27.0. The van der Waals surface area contributed by atoms with E-state index in [1.807, 2.05) is 0 Å². The molecule has 0 atom stereocenters. The van der Waals surface area contributed by atoms with Crippen LogP contribution in [0.4, 0.5) is 5.69 Å². The molecule has 1 aliphatic rings. The molecule has 0 spiro atoms. The smallest absolute Gasteiger partial charge is 0.243 e. The number of hydrogen-bond donors (Lipinski definition) is 0. The van der Waals surface area contributed by atoms with Crippen molar-refractivity contribution < 1.29 is 8.42 Å². The van der Waals surface area contributed by atoms with Crippen LogP contribution in [0, 0.1) is 13.8 Å². The van der Waals surface area contributed by atoms with Gasteiger partial charge in [-0.15, -0.1) is 0 Å². The fourth-order valence-corrected chi connectivity index (χ4v) is 4.82. The Morgan fingerprint density at radius 2 is 1.54 bits per heavy atom. The number of piperazine rings is 1. The van der Waals surface area contributed by atoms with Crippen molar-refractivity contribution in [1.29, 1.82) is 0 Å². The van der Waals surface area contributed by atoms with Crippen LogP contribution in [0.3, 0.4) is 0 Å². The minimum atomic E-state index is -3.48. The predicted octanol–water partition coefficient (Wildman–Crippen LogP) is 3.47. The lowest BCUT2D eigenvalue weighted by Crippen LogP contribution is -2.48. The van der Waals surface area contributed by atoms with Crippen molar-refractivity contribution in [2.24, 2.45) is 0 Å². The summed E-state index contributed by atoms with van der Waals surface area (Å²) in [5.74, 6) is 0. The van der Waals surface area contributed by atoms with E-state index in [1.165, 1.54) is 21.5 Å². The van der Waals surface area contributed by atoms with Gasteiger partial charge >= 0.3 is 0 Å². The van der Waals surface area contributed by atoms with E-state index in [4.69, 9.17) is 11.6 Å². The van der Waals surface area contributed by atoms with E-state index in [0.29, 0.717) is 31.2 Å². The fourth-order valence-electron chi connectivity index (χ4n) is 3.10. The van der Waals surface area contributed by atoms with Crippen molar-refractivity contribution in [1.82, 2.24) is 4.31 Å². The highest BCUT2D eigenvalue weighted by Gasteiger charge is 2.28. The third-order valence-electron chi connectivity index (χ3n) is 4.24. The maximum absolute atomic E-state index is 12.7. The lowest BCUT2D eigenvalue weighted by molar-refractivity contribution is 0.385. The molecule has 0 radical (unpaired) electrons. The van der Waals surface area contributed by atoms with E-state index in [-0.39, 0.29) is 4.90 Å². The first-order chi connectivity index (χ1) is 11.4. The average Bonchev–Trinajstić information content (AvgIpc) is 2.54. The summed E-state index contributed by atoms with van der Waals surface area (Å²) in [4.78, 5) is 2.50. The maximum atomic E-state index is 12.7. The SMILES string of the molecule is Cc1cc(C)cc(N2CCN(S(=O)(=O)c3cccc(Cl)c3)CC2)c1. The molecule has 0 aromatic heterocycles. The van der Waals surface area contributed by atoms with Gasteiger partial charge in [-0.3, -0.25) is 0 Å². The number of rotatable bonds is 3. The number of anilines is 1. The molecule has 0 aliphatic carbocycles. The molecule has 0 amide bonds. The molecule has 1 saturated heterocycles. The lowest BCUT2D eigenvalue weighted by atomic mass is 10.1. The summed E-state index contributed by atoms with van der Waals surface area (Å²) in [5.41, 5.74) is 3.60. The maximum Gasteiger partial charge on any atom is 0.243 e. The number of aryl methyl sites for hydroxylation is 2. The quantitative estimate of drug-likeness (QED) is 0.837. The van der Waals surface area contributed by atoms with Crippen LogP contribution in [-0.4, -0.2) is 38.9 Å². The minimum Gasteiger partial charge on any atom is -0.369 e. The van der Waals surface area contributed by atoms with Crippen molar-refractivity contribution in [3.63, 3.8) is 0 Å². The summed E-state index contributed by atoms with van der Waals surface area (Å²) in [5, 5.41) is 0.435. The molecular formula is C18H21ClN2O2S. The van der Waals surface area contributed by atoms with Crippen molar-refractivity contribution in [2.45, 2.75) is 18.7 Å². The second-order valence-corrected chi connectivity index (χ2v) is 8.57. The fraction of sp³-hybridized carbons (Fsp3) is 0.333. The molecule has 0 bridgehead atoms. The molecule has 2 aromatic carbocycles. The Morgan fingerprint density at radius 1 is 0.917 bits per heavy atom. The monoisotopic (exact) mass is 364 g/mol. The van der Waals surface area contributed by atoms with Gasteiger partial charge in [0.05, 0.1) is 4.90 Å². The van der Waals surface area contributed by atoms with E-state index in [2.05, 4.69) is 36.9 Å². The van der Waals surface area contributed by atoms with E-state index >= 15 is 0 Å². The molecular weight excluding hydrogens is 344 g/mol. The second kappa shape index (κ2) is 6.75. The van der Waals surface area contributed by atoms with Crippen molar-refractivity contribution in [3.05, 3.63) is 58.6 Å². The first-order valence-corrected chi connectivity index (χ1v) is 9.77. The molecule has 4 nitrogen and oxygen atoms in total. The molecule has 0 saturated carbocycles. The van der Waals surface area contributed by atoms with Crippen LogP contribution in [0.5, 0.6) is 0 Å². The number of nitrogens with zero attached hydrogens (tertiary/aromatic N) is 2. The third kappa shape index (κ3) is 3.58. The Bertz CT molecular complexity index is 824. The van der Waals surface area contributed by atoms with Gasteiger partial charge in [-0.2, -0.15) is 4.31 Å². The van der Waals surface area contributed by atoms with E-state index < -0.39 is 10.0 Å². The van der Waals surface area contributed by atoms with Gasteiger partial charge in [0.1, 0.15) is 0 Å². The van der Waals surface area contributed by atoms with Gasteiger partial charge < -0.3 is 4.90 Å². The van der Waals surface area contributed by atoms with E-state index in [1.54, 1.807) is 18.2 Å². The summed E-state index contributed by atoms with van der Waals surface area (Å²) in [7, 11) is -3.48. The number of benzene rings is 2. The topological polar surface area (TPSA) is 40.6 Å². The van der Waals surface area contributed by atoms with Crippen molar-refractivity contribution >= 4 is 27.3 Å². The van der Waals surface area contributed by atoms with Gasteiger partial charge in [-0.1, -0.05) is 23.7 Å². The zero-order valence-corrected chi connectivity index (χ0v) is 15.4. The van der Waals surface area contributed by atoms with Gasteiger partial charge in [-0.25, -0.2) is 8.42 Å². The van der Waals surface area contributed by atoms with Crippen molar-refractivity contribution in [2.75, 3.05) is 31.1 Å². The number of sulfonamides is 1. The molecule has 128 valence electrons. The van der Waals surface area contributed by atoms with Crippen LogP contribution in [0.2, 0.25) is 5.02 Å². The highest BCUT2D eigenvalue weighted by atomic mass is 35.5. The Kier molecular flexibility index (Phi) is 4.85. The van der Waals surface area contributed by atoms with Gasteiger partial charge in [0.25, 0.3) is 0 Å². The Hall–Kier alpha value is -1.56. The first-order valence-electron chi connectivity index (χ1n) is 7.95. The second-order valence-electron chi connectivity index (χ2n) is 6.19. The van der Waals surface area contributed by atoms with Gasteiger partial charge in [0, 0.05) is 36.9 Å². The molecule has 1 aliphatic heterocycles. The molecule has 0 N–H and O–H groups in total. The van der Waals surface area contributed by atoms with Crippen LogP contribution >= 0.6 is 11.6 Å². The van der Waals surface area contributed by atoms with Crippen LogP contribution in [-0.2, 0) is 10.0 Å². The van der Waals surface area contributed by atoms with Gasteiger partial charge in [0.2, 0.25) is 10.0 Å². The van der Waals surface area contributed by atoms with Crippen LogP contribution in [0.15, 0.2) is 47.4 Å². The largest absolute Gasteiger partial charge is 0.369 e. The van der Waals surface area contributed by atoms with Crippen LogP contribution in [0.25, 0.3) is 0 Å². The normalized spacial score (nSPS) is 16.4. The van der Waals surface area contributed by atoms with Gasteiger partial charge in [0.15, 0.2) is 0 Å². The zero-order valence-electron chi connectivity index (χ0n) is 13.9. The number of hydrogen-bond acceptors (Lipinski definition) is 3. The Balaban J connectivity index is 1.75. The molecule has 6 heteroatoms. The molecule has 3 rings (SSSR count). The highest BCUT2D eigenvalue weighted by Crippen LogP contribution is 2.24. The van der Waals surface area contributed by atoms with Crippen molar-refractivity contribution in [3.8, 4) is 0 Å². The Morgan fingerprint density at radius 3 is 2.12 bits per heavy atom. The van der Waals surface area contributed by atoms with Crippen LogP contribution in [0.1, 0.15) is 11.1 Å². The average molecular weight is 365 g/mol. The summed E-state index contributed by atoms with van der Waals surface area (Å²) in [6, 6.07) is 12.9. The minimum absolute atomic E-state index is 0.259. The molecule has 24 heavy (non-hydrogen) atoms. The molecule has 0 unspecified atom stereocenters. The first kappa shape index (κ1) is 17.3. The molecule has 1 fully saturated rings. The summed E-state index contributed by atoms with van der Waals surface area (Å²) in [6.45, 7) is 6.47. The lowest BCUT2D eigenvalue weighted by Gasteiger charge is -2.35. The van der Waals surface area contributed by atoms with E-state index in [9.17, 15) is 8.42 Å². The number of halogens is 1. The predicted molar refractivity (Wildman–Crippen MR) is 98.3 cm³/mol. The van der Waals surface area contributed by atoms with Crippen LogP contribution < -0.4 is 4.90 Å². The standard InChI is InChI=1S/C18H21ClN2O2S/c1-14-10-15(2)12-17(11-14)20-6-8-21(9-7-20)24(22,23)18-5-3-4-16(19)13-18/h3-5,10-13H,6-9H2,1-2H3. The summed E-state index contributed by atoms with van der Waals surface area (Å²) >= 11 is 5.93.